The van der Waals surface area contributed by atoms with Crippen LogP contribution in [-0.2, 0) is 10.0 Å². The summed E-state index contributed by atoms with van der Waals surface area (Å²) in [6.45, 7) is -1.70. The molecule has 0 bridgehead atoms. The lowest BCUT2D eigenvalue weighted by atomic mass is 9.91. The van der Waals surface area contributed by atoms with Gasteiger partial charge >= 0.3 is 59.1 Å². The van der Waals surface area contributed by atoms with E-state index in [0.717, 1.165) is 0 Å². The Morgan fingerprint density at radius 3 is 1.10 bits per heavy atom. The predicted molar refractivity (Wildman–Crippen MR) is 76.1 cm³/mol. The predicted octanol–water partition coefficient (Wildman–Crippen LogP) is 6.26. The molecule has 236 valence electrons. The number of likely N-dealkylation sites (N-methyl/N-ethyl adjacent to an activating group) is 1. The summed E-state index contributed by atoms with van der Waals surface area (Å²) < 4.78 is 309. The zero-order chi connectivity index (χ0) is 32.5. The number of hydrogen-bond acceptors (Lipinski definition) is 3. The van der Waals surface area contributed by atoms with Crippen molar-refractivity contribution >= 4 is 10.0 Å². The summed E-state index contributed by atoms with van der Waals surface area (Å²) in [5.74, 6) is -54.1. The van der Waals surface area contributed by atoms with Crippen molar-refractivity contribution in [2.75, 3.05) is 6.54 Å². The van der Waals surface area contributed by atoms with E-state index < -0.39 is 85.5 Å². The van der Waals surface area contributed by atoms with Crippen LogP contribution in [0.5, 0.6) is 0 Å². The summed E-state index contributed by atoms with van der Waals surface area (Å²) in [4.78, 5) is 0. The highest BCUT2D eigenvalue weighted by Crippen LogP contribution is 2.64. The molecule has 0 aromatic rings. The molecule has 0 heterocycles. The number of nitrogens with one attached hydrogen (secondary N) is 1. The van der Waals surface area contributed by atoms with Crippen LogP contribution in [0.3, 0.4) is 0 Å². The van der Waals surface area contributed by atoms with E-state index >= 15 is 0 Å². The highest BCUT2D eigenvalue weighted by Gasteiger charge is 2.96. The van der Waals surface area contributed by atoms with Crippen LogP contribution in [0.25, 0.3) is 0 Å². The van der Waals surface area contributed by atoms with Gasteiger partial charge in [-0.15, -0.1) is 9.20 Å². The van der Waals surface area contributed by atoms with E-state index in [-0.39, 0.29) is 6.92 Å². The van der Waals surface area contributed by atoms with Crippen molar-refractivity contribution in [1.29, 1.82) is 0 Å². The number of rotatable bonds is 12. The lowest BCUT2D eigenvalue weighted by molar-refractivity contribution is -0.458. The lowest BCUT2D eigenvalue weighted by Gasteiger charge is -2.42. The Hall–Kier alpha value is -1.67. The monoisotopic (exact) mass is 660 g/mol. The van der Waals surface area contributed by atoms with Crippen molar-refractivity contribution in [2.24, 2.45) is 0 Å². The highest BCUT2D eigenvalue weighted by atomic mass is 32.2. The quantitative estimate of drug-likeness (QED) is 0.153. The van der Waals surface area contributed by atoms with Crippen LogP contribution >= 0.6 is 0 Å². The Bertz CT molecular complexity index is 1000. The standard InChI is InChI=1S/C12H6F22N2O2S/c1-2-36(34)11(30,31)10(28,29)35-39(37,38)12(32,33)8(23,24)6(19,20)4(15,16)3(13,14)5(17,18)7(21,22)9(25,26)27/h35H,2H2,1H3. The van der Waals surface area contributed by atoms with Gasteiger partial charge in [0.05, 0.1) is 0 Å². The highest BCUT2D eigenvalue weighted by molar-refractivity contribution is 7.90. The van der Waals surface area contributed by atoms with Gasteiger partial charge in [-0.2, -0.15) is 92.2 Å². The van der Waals surface area contributed by atoms with Crippen LogP contribution < -0.4 is 4.72 Å². The van der Waals surface area contributed by atoms with Crippen molar-refractivity contribution in [3.8, 4) is 0 Å². The lowest BCUT2D eigenvalue weighted by Crippen LogP contribution is -2.75. The second kappa shape index (κ2) is 9.43. The van der Waals surface area contributed by atoms with Gasteiger partial charge in [-0.3, -0.25) is 0 Å². The minimum absolute atomic E-state index is 0.210. The third kappa shape index (κ3) is 4.92. The first kappa shape index (κ1) is 37.3. The molecule has 1 N–H and O–H groups in total. The molecule has 0 aromatic heterocycles. The molecule has 0 saturated carbocycles. The van der Waals surface area contributed by atoms with Crippen molar-refractivity contribution in [2.45, 2.75) is 66.0 Å². The molecule has 39 heavy (non-hydrogen) atoms. The van der Waals surface area contributed by atoms with Crippen LogP contribution in [0.15, 0.2) is 0 Å². The van der Waals surface area contributed by atoms with Crippen molar-refractivity contribution in [1.82, 2.24) is 9.84 Å². The maximum Gasteiger partial charge on any atom is 0.460 e. The molecule has 0 saturated heterocycles. The Morgan fingerprint density at radius 2 is 0.821 bits per heavy atom. The Morgan fingerprint density at radius 1 is 0.538 bits per heavy atom. The number of hydrogen-bond donors (Lipinski definition) is 1. The molecule has 0 aliphatic rings. The molecular weight excluding hydrogens is 654 g/mol. The first-order chi connectivity index (χ1) is 16.4. The molecule has 4 nitrogen and oxygen atoms in total. The van der Waals surface area contributed by atoms with Gasteiger partial charge < -0.3 is 0 Å². The molecule has 0 amide bonds. The second-order valence-corrected chi connectivity index (χ2v) is 8.58. The van der Waals surface area contributed by atoms with E-state index in [0.29, 0.717) is 0 Å². The fourth-order valence-electron chi connectivity index (χ4n) is 1.96. The molecule has 27 heteroatoms. The molecule has 0 radical (unpaired) electrons. The van der Waals surface area contributed by atoms with Gasteiger partial charge in [0.2, 0.25) is 0 Å². The fourth-order valence-corrected chi connectivity index (χ4v) is 3.02. The molecule has 0 aromatic carbocycles. The Balaban J connectivity index is 7.03. The molecule has 0 unspecified atom stereocenters. The van der Waals surface area contributed by atoms with Crippen LogP contribution in [0, 0.1) is 0 Å². The van der Waals surface area contributed by atoms with E-state index in [2.05, 4.69) is 0 Å². The Labute approximate surface area is 198 Å². The van der Waals surface area contributed by atoms with E-state index in [4.69, 9.17) is 0 Å². The van der Waals surface area contributed by atoms with Gasteiger partial charge in [-0.25, -0.2) is 8.42 Å². The van der Waals surface area contributed by atoms with Gasteiger partial charge in [0.15, 0.2) is 0 Å². The van der Waals surface area contributed by atoms with Crippen LogP contribution in [-0.4, -0.2) is 79.1 Å². The van der Waals surface area contributed by atoms with Gasteiger partial charge in [0, 0.05) is 6.54 Å². The third-order valence-corrected chi connectivity index (χ3v) is 5.71. The van der Waals surface area contributed by atoms with Gasteiger partial charge in [0.25, 0.3) is 10.0 Å². The van der Waals surface area contributed by atoms with Gasteiger partial charge in [-0.05, 0) is 6.92 Å². The van der Waals surface area contributed by atoms with Crippen molar-refractivity contribution in [3.05, 3.63) is 0 Å². The SMILES string of the molecule is CCN(F)C(F)(F)C(F)(F)NS(=O)(=O)C(F)(F)C(F)(F)C(F)(F)C(F)(F)C(F)(F)C(F)(F)C(F)(F)C(F)(F)F. The van der Waals surface area contributed by atoms with Gasteiger partial charge in [0.1, 0.15) is 0 Å². The third-order valence-electron chi connectivity index (χ3n) is 4.25. The topological polar surface area (TPSA) is 49.4 Å². The maximum absolute atomic E-state index is 13.7. The molecule has 0 atom stereocenters. The molecule has 0 fully saturated rings. The number of halogens is 22. The number of sulfonamides is 1. The van der Waals surface area contributed by atoms with Gasteiger partial charge in [-0.1, -0.05) is 5.12 Å². The minimum atomic E-state index is -9.26. The van der Waals surface area contributed by atoms with E-state index in [1.807, 2.05) is 0 Å². The fraction of sp³-hybridized carbons (Fsp3) is 1.00. The molecule has 0 spiro atoms. The second-order valence-electron chi connectivity index (χ2n) is 6.86. The number of alkyl halides is 21. The normalized spacial score (nSPS) is 16.7. The smallest absolute Gasteiger partial charge is 0.206 e. The molecule has 0 rings (SSSR count). The van der Waals surface area contributed by atoms with E-state index in [1.54, 1.807) is 0 Å². The van der Waals surface area contributed by atoms with Crippen LogP contribution in [0.1, 0.15) is 6.92 Å². The zero-order valence-electron chi connectivity index (χ0n) is 17.2. The Kier molecular flexibility index (Phi) is 9.03. The van der Waals surface area contributed by atoms with Crippen LogP contribution in [0.2, 0.25) is 0 Å². The van der Waals surface area contributed by atoms with Crippen molar-refractivity contribution < 1.29 is 105 Å². The average Bonchev–Trinajstić information content (AvgIpc) is 2.70. The summed E-state index contributed by atoms with van der Waals surface area (Å²) in [7, 11) is -8.81. The summed E-state index contributed by atoms with van der Waals surface area (Å²) >= 11 is 0. The summed E-state index contributed by atoms with van der Waals surface area (Å²) in [5.41, 5.74) is 0. The number of nitrogens with zero attached hydrogens (tertiary/aromatic N) is 1. The maximum atomic E-state index is 13.7. The average molecular weight is 660 g/mol. The van der Waals surface area contributed by atoms with Crippen molar-refractivity contribution in [3.63, 3.8) is 0 Å². The first-order valence-electron chi connectivity index (χ1n) is 8.38. The minimum Gasteiger partial charge on any atom is -0.206 e. The summed E-state index contributed by atoms with van der Waals surface area (Å²) in [6.07, 6.45) is -8.06. The van der Waals surface area contributed by atoms with Crippen LogP contribution in [0.4, 0.5) is 96.7 Å². The van der Waals surface area contributed by atoms with E-state index in [1.165, 1.54) is 0 Å². The first-order valence-corrected chi connectivity index (χ1v) is 9.86. The summed E-state index contributed by atoms with van der Waals surface area (Å²) in [6, 6.07) is -13.8. The largest absolute Gasteiger partial charge is 0.460 e. The molecular formula is C12H6F22N2O2S. The molecule has 0 aliphatic carbocycles. The molecule has 0 aliphatic heterocycles. The zero-order valence-corrected chi connectivity index (χ0v) is 18.0. The van der Waals surface area contributed by atoms with E-state index in [9.17, 15) is 105 Å². The summed E-state index contributed by atoms with van der Waals surface area (Å²) in [5, 5.41) is -11.0.